The smallest absolute Gasteiger partial charge is 0.327 e. The van der Waals surface area contributed by atoms with Crippen molar-refractivity contribution in [2.45, 2.75) is 24.9 Å². The number of fused-ring (bicyclic) bond motifs is 1. The highest BCUT2D eigenvalue weighted by Crippen LogP contribution is 2.34. The van der Waals surface area contributed by atoms with Crippen LogP contribution in [-0.4, -0.2) is 13.1 Å². The zero-order valence-electron chi connectivity index (χ0n) is 13.3. The SMILES string of the molecule is COC(=O)[C@H](N[C@@H]1CCc2c(F)cccc21)c1cccc(C#N)c1. The second-order valence-electron chi connectivity index (χ2n) is 5.76. The first-order valence-electron chi connectivity index (χ1n) is 7.75. The van der Waals surface area contributed by atoms with Crippen LogP contribution in [0.2, 0.25) is 0 Å². The Morgan fingerprint density at radius 2 is 2.17 bits per heavy atom. The van der Waals surface area contributed by atoms with Gasteiger partial charge in [-0.15, -0.1) is 0 Å². The third-order valence-electron chi connectivity index (χ3n) is 4.37. The molecule has 0 saturated heterocycles. The molecule has 1 aliphatic rings. The van der Waals surface area contributed by atoms with Crippen LogP contribution in [0.25, 0.3) is 0 Å². The van der Waals surface area contributed by atoms with E-state index in [0.717, 1.165) is 5.56 Å². The van der Waals surface area contributed by atoms with Crippen molar-refractivity contribution in [1.82, 2.24) is 5.32 Å². The molecule has 1 aliphatic carbocycles. The monoisotopic (exact) mass is 324 g/mol. The summed E-state index contributed by atoms with van der Waals surface area (Å²) in [5, 5.41) is 12.3. The van der Waals surface area contributed by atoms with Gasteiger partial charge in [-0.1, -0.05) is 24.3 Å². The Hall–Kier alpha value is -2.71. The lowest BCUT2D eigenvalue weighted by Crippen LogP contribution is -2.32. The van der Waals surface area contributed by atoms with Gasteiger partial charge in [0.2, 0.25) is 0 Å². The standard InChI is InChI=1S/C19H17FN2O2/c1-24-19(23)18(13-5-2-4-12(10-13)11-21)22-17-9-8-14-15(17)6-3-7-16(14)20/h2-7,10,17-18,22H,8-9H2,1H3/t17-,18-/m1/s1. The number of rotatable bonds is 4. The average molecular weight is 324 g/mol. The molecule has 5 heteroatoms. The maximum Gasteiger partial charge on any atom is 0.327 e. The van der Waals surface area contributed by atoms with Crippen molar-refractivity contribution in [2.75, 3.05) is 7.11 Å². The largest absolute Gasteiger partial charge is 0.468 e. The van der Waals surface area contributed by atoms with Crippen LogP contribution in [0, 0.1) is 17.1 Å². The number of hydrogen-bond acceptors (Lipinski definition) is 4. The summed E-state index contributed by atoms with van der Waals surface area (Å²) in [5.41, 5.74) is 2.71. The topological polar surface area (TPSA) is 62.1 Å². The fraction of sp³-hybridized carbons (Fsp3) is 0.263. The maximum absolute atomic E-state index is 13.9. The molecule has 0 aliphatic heterocycles. The molecule has 122 valence electrons. The van der Waals surface area contributed by atoms with Crippen molar-refractivity contribution in [1.29, 1.82) is 5.26 Å². The van der Waals surface area contributed by atoms with Crippen molar-refractivity contribution in [3.05, 3.63) is 70.5 Å². The summed E-state index contributed by atoms with van der Waals surface area (Å²) in [4.78, 5) is 12.2. The molecule has 2 aromatic carbocycles. The predicted octanol–water partition coefficient (Wildman–Crippen LogP) is 3.19. The molecule has 0 unspecified atom stereocenters. The first kappa shape index (κ1) is 16.2. The molecule has 0 radical (unpaired) electrons. The van der Waals surface area contributed by atoms with Gasteiger partial charge >= 0.3 is 5.97 Å². The second kappa shape index (κ2) is 6.81. The molecule has 0 heterocycles. The van der Waals surface area contributed by atoms with Crippen molar-refractivity contribution in [2.24, 2.45) is 0 Å². The number of methoxy groups -OCH3 is 1. The molecule has 24 heavy (non-hydrogen) atoms. The fourth-order valence-corrected chi connectivity index (χ4v) is 3.19. The number of ether oxygens (including phenoxy) is 1. The van der Waals surface area contributed by atoms with E-state index in [-0.39, 0.29) is 11.9 Å². The van der Waals surface area contributed by atoms with Crippen LogP contribution in [0.4, 0.5) is 4.39 Å². The molecular weight excluding hydrogens is 307 g/mol. The van der Waals surface area contributed by atoms with Gasteiger partial charge in [0.1, 0.15) is 11.9 Å². The van der Waals surface area contributed by atoms with Crippen LogP contribution < -0.4 is 5.32 Å². The summed E-state index contributed by atoms with van der Waals surface area (Å²) in [5.74, 6) is -0.646. The molecule has 1 N–H and O–H groups in total. The van der Waals surface area contributed by atoms with Gasteiger partial charge in [-0.05, 0) is 47.7 Å². The lowest BCUT2D eigenvalue weighted by Gasteiger charge is -2.22. The predicted molar refractivity (Wildman–Crippen MR) is 86.5 cm³/mol. The fourth-order valence-electron chi connectivity index (χ4n) is 3.19. The third kappa shape index (κ3) is 3.01. The first-order valence-corrected chi connectivity index (χ1v) is 7.75. The third-order valence-corrected chi connectivity index (χ3v) is 4.37. The summed E-state index contributed by atoms with van der Waals surface area (Å²) < 4.78 is 18.8. The van der Waals surface area contributed by atoms with E-state index in [1.165, 1.54) is 13.2 Å². The molecule has 2 atom stereocenters. The Kier molecular flexibility index (Phi) is 4.59. The van der Waals surface area contributed by atoms with Crippen LogP contribution in [-0.2, 0) is 16.0 Å². The Labute approximate surface area is 139 Å². The molecule has 0 fully saturated rings. The summed E-state index contributed by atoms with van der Waals surface area (Å²) in [6, 6.07) is 13.1. The molecular formula is C19H17FN2O2. The quantitative estimate of drug-likeness (QED) is 0.878. The zero-order valence-corrected chi connectivity index (χ0v) is 13.3. The zero-order chi connectivity index (χ0) is 17.1. The Morgan fingerprint density at radius 3 is 2.92 bits per heavy atom. The Bertz CT molecular complexity index is 813. The number of hydrogen-bond donors (Lipinski definition) is 1. The van der Waals surface area contributed by atoms with Gasteiger partial charge in [0.05, 0.1) is 18.7 Å². The van der Waals surface area contributed by atoms with Crippen molar-refractivity contribution in [3.8, 4) is 6.07 Å². The minimum Gasteiger partial charge on any atom is -0.468 e. The number of benzene rings is 2. The van der Waals surface area contributed by atoms with Crippen molar-refractivity contribution in [3.63, 3.8) is 0 Å². The van der Waals surface area contributed by atoms with Crippen LogP contribution >= 0.6 is 0 Å². The maximum atomic E-state index is 13.9. The molecule has 0 spiro atoms. The van der Waals surface area contributed by atoms with Crippen LogP contribution in [0.3, 0.4) is 0 Å². The van der Waals surface area contributed by atoms with Gasteiger partial charge in [0.25, 0.3) is 0 Å². The number of carbonyl (C=O) groups excluding carboxylic acids is 1. The number of esters is 1. The Morgan fingerprint density at radius 1 is 1.38 bits per heavy atom. The molecule has 0 saturated carbocycles. The van der Waals surface area contributed by atoms with E-state index in [9.17, 15) is 9.18 Å². The van der Waals surface area contributed by atoms with Gasteiger partial charge < -0.3 is 4.74 Å². The van der Waals surface area contributed by atoms with Crippen LogP contribution in [0.5, 0.6) is 0 Å². The highest BCUT2D eigenvalue weighted by Gasteiger charge is 2.30. The number of nitrogens with zero attached hydrogens (tertiary/aromatic N) is 1. The van der Waals surface area contributed by atoms with Gasteiger partial charge in [0, 0.05) is 6.04 Å². The highest BCUT2D eigenvalue weighted by atomic mass is 19.1. The summed E-state index contributed by atoms with van der Waals surface area (Å²) >= 11 is 0. The van der Waals surface area contributed by atoms with Crippen LogP contribution in [0.15, 0.2) is 42.5 Å². The molecule has 2 aromatic rings. The number of carbonyl (C=O) groups is 1. The molecule has 0 aromatic heterocycles. The first-order chi connectivity index (χ1) is 11.6. The Balaban J connectivity index is 1.91. The lowest BCUT2D eigenvalue weighted by atomic mass is 10.0. The second-order valence-corrected chi connectivity index (χ2v) is 5.76. The van der Waals surface area contributed by atoms with E-state index in [0.29, 0.717) is 29.5 Å². The van der Waals surface area contributed by atoms with E-state index >= 15 is 0 Å². The summed E-state index contributed by atoms with van der Waals surface area (Å²) in [7, 11) is 1.33. The minimum atomic E-state index is -0.706. The van der Waals surface area contributed by atoms with Crippen LogP contribution in [0.1, 0.15) is 40.8 Å². The van der Waals surface area contributed by atoms with Crippen molar-refractivity contribution >= 4 is 5.97 Å². The van der Waals surface area contributed by atoms with Crippen molar-refractivity contribution < 1.29 is 13.9 Å². The highest BCUT2D eigenvalue weighted by molar-refractivity contribution is 5.77. The summed E-state index contributed by atoms with van der Waals surface area (Å²) in [6.07, 6.45) is 1.34. The normalized spacial score (nSPS) is 17.0. The van der Waals surface area contributed by atoms with Gasteiger partial charge in [-0.25, -0.2) is 9.18 Å². The summed E-state index contributed by atoms with van der Waals surface area (Å²) in [6.45, 7) is 0. The van der Waals surface area contributed by atoms with Gasteiger partial charge in [0.15, 0.2) is 0 Å². The molecule has 3 rings (SSSR count). The average Bonchev–Trinajstić information content (AvgIpc) is 3.03. The van der Waals surface area contributed by atoms with Gasteiger partial charge in [-0.3, -0.25) is 5.32 Å². The lowest BCUT2D eigenvalue weighted by molar-refractivity contribution is -0.143. The van der Waals surface area contributed by atoms with E-state index in [4.69, 9.17) is 10.00 Å². The molecule has 0 amide bonds. The van der Waals surface area contributed by atoms with Gasteiger partial charge in [-0.2, -0.15) is 5.26 Å². The van der Waals surface area contributed by atoms with E-state index in [1.54, 1.807) is 30.3 Å². The van der Waals surface area contributed by atoms with E-state index < -0.39 is 12.0 Å². The van der Waals surface area contributed by atoms with E-state index in [1.807, 2.05) is 6.07 Å². The number of nitrogens with one attached hydrogen (secondary N) is 1. The molecule has 4 nitrogen and oxygen atoms in total. The number of nitriles is 1. The number of halogens is 1. The minimum absolute atomic E-state index is 0.134. The molecule has 0 bridgehead atoms. The van der Waals surface area contributed by atoms with E-state index in [2.05, 4.69) is 11.4 Å².